The summed E-state index contributed by atoms with van der Waals surface area (Å²) in [6.45, 7) is 7.01. The number of fused-ring (bicyclic) bond motifs is 1. The lowest BCUT2D eigenvalue weighted by Crippen LogP contribution is -2.36. The Hall–Kier alpha value is -3.09. The average molecular weight is 411 g/mol. The number of imidazole rings is 1. The van der Waals surface area contributed by atoms with Crippen molar-refractivity contribution < 1.29 is 18.7 Å². The van der Waals surface area contributed by atoms with Gasteiger partial charge in [0.2, 0.25) is 0 Å². The molecule has 0 radical (unpaired) electrons. The van der Waals surface area contributed by atoms with Crippen molar-refractivity contribution in [3.05, 3.63) is 59.9 Å². The lowest BCUT2D eigenvalue weighted by molar-refractivity contribution is 0.0273. The molecule has 2 heterocycles. The predicted molar refractivity (Wildman–Crippen MR) is 112 cm³/mol. The predicted octanol–water partition coefficient (Wildman–Crippen LogP) is 4.61. The van der Waals surface area contributed by atoms with Crippen molar-refractivity contribution in [3.8, 4) is 6.01 Å². The first-order valence-electron chi connectivity index (χ1n) is 10.1. The molecule has 1 atom stereocenters. The van der Waals surface area contributed by atoms with Crippen molar-refractivity contribution in [2.75, 3.05) is 13.1 Å². The van der Waals surface area contributed by atoms with E-state index in [1.807, 2.05) is 55.7 Å². The third-order valence-corrected chi connectivity index (χ3v) is 4.92. The summed E-state index contributed by atoms with van der Waals surface area (Å²) in [6.07, 6.45) is 0.185. The molecule has 30 heavy (non-hydrogen) atoms. The maximum Gasteiger partial charge on any atom is 0.410 e. The van der Waals surface area contributed by atoms with Gasteiger partial charge < -0.3 is 14.4 Å². The molecule has 1 aromatic heterocycles. The molecule has 2 aromatic carbocycles. The van der Waals surface area contributed by atoms with Crippen LogP contribution in [-0.4, -0.2) is 45.3 Å². The van der Waals surface area contributed by atoms with E-state index in [1.165, 1.54) is 12.1 Å². The zero-order valence-electron chi connectivity index (χ0n) is 17.5. The molecule has 7 heteroatoms. The van der Waals surface area contributed by atoms with Gasteiger partial charge >= 0.3 is 6.09 Å². The molecule has 0 unspecified atom stereocenters. The number of benzene rings is 2. The van der Waals surface area contributed by atoms with Gasteiger partial charge in [0.15, 0.2) is 0 Å². The first-order valence-corrected chi connectivity index (χ1v) is 10.1. The fourth-order valence-corrected chi connectivity index (χ4v) is 3.58. The van der Waals surface area contributed by atoms with Crippen LogP contribution in [-0.2, 0) is 11.3 Å². The topological polar surface area (TPSA) is 56.6 Å². The maximum atomic E-state index is 13.7. The SMILES string of the molecule is CC(C)(C)OC(=O)N1CC[C@@H](Oc2nc3ccccc3n2Cc2cccc(F)c2)C1. The minimum atomic E-state index is -0.533. The van der Waals surface area contributed by atoms with E-state index in [4.69, 9.17) is 9.47 Å². The van der Waals surface area contributed by atoms with Crippen LogP contribution in [0.4, 0.5) is 9.18 Å². The molecule has 4 rings (SSSR count). The quantitative estimate of drug-likeness (QED) is 0.629. The number of likely N-dealkylation sites (tertiary alicyclic amines) is 1. The van der Waals surface area contributed by atoms with E-state index in [1.54, 1.807) is 11.0 Å². The highest BCUT2D eigenvalue weighted by atomic mass is 19.1. The molecule has 1 saturated heterocycles. The normalized spacial score (nSPS) is 16.8. The number of aromatic nitrogens is 2. The molecule has 0 spiro atoms. The Bertz CT molecular complexity index is 1060. The minimum Gasteiger partial charge on any atom is -0.459 e. The van der Waals surface area contributed by atoms with Crippen molar-refractivity contribution in [2.24, 2.45) is 0 Å². The Balaban J connectivity index is 1.54. The number of hydrogen-bond acceptors (Lipinski definition) is 4. The number of halogens is 1. The molecule has 158 valence electrons. The number of hydrogen-bond donors (Lipinski definition) is 0. The van der Waals surface area contributed by atoms with Crippen LogP contribution in [0, 0.1) is 5.82 Å². The number of para-hydroxylation sites is 2. The van der Waals surface area contributed by atoms with Gasteiger partial charge in [0.25, 0.3) is 6.01 Å². The molecular formula is C23H26FN3O3. The third-order valence-electron chi connectivity index (χ3n) is 4.92. The van der Waals surface area contributed by atoms with Gasteiger partial charge in [0.1, 0.15) is 17.5 Å². The molecule has 1 aliphatic heterocycles. The van der Waals surface area contributed by atoms with Gasteiger partial charge in [-0.05, 0) is 50.6 Å². The Morgan fingerprint density at radius 1 is 1.20 bits per heavy atom. The van der Waals surface area contributed by atoms with Crippen LogP contribution in [0.1, 0.15) is 32.8 Å². The summed E-state index contributed by atoms with van der Waals surface area (Å²) in [6, 6.07) is 14.7. The van der Waals surface area contributed by atoms with Gasteiger partial charge in [-0.3, -0.25) is 4.57 Å². The van der Waals surface area contributed by atoms with E-state index in [-0.39, 0.29) is 18.0 Å². The summed E-state index contributed by atoms with van der Waals surface area (Å²) in [5, 5.41) is 0. The number of amides is 1. The van der Waals surface area contributed by atoms with Crippen LogP contribution < -0.4 is 4.74 Å². The van der Waals surface area contributed by atoms with Crippen LogP contribution >= 0.6 is 0 Å². The van der Waals surface area contributed by atoms with Crippen molar-refractivity contribution in [3.63, 3.8) is 0 Å². The lowest BCUT2D eigenvalue weighted by Gasteiger charge is -2.24. The highest BCUT2D eigenvalue weighted by Crippen LogP contribution is 2.26. The number of nitrogens with zero attached hydrogens (tertiary/aromatic N) is 3. The maximum absolute atomic E-state index is 13.7. The zero-order valence-corrected chi connectivity index (χ0v) is 17.5. The molecule has 0 bridgehead atoms. The Labute approximate surface area is 175 Å². The second kappa shape index (κ2) is 7.97. The summed E-state index contributed by atoms with van der Waals surface area (Å²) in [7, 11) is 0. The number of rotatable bonds is 4. The molecule has 1 amide bonds. The van der Waals surface area contributed by atoms with Crippen LogP contribution in [0.5, 0.6) is 6.01 Å². The van der Waals surface area contributed by atoms with Crippen molar-refractivity contribution in [1.82, 2.24) is 14.5 Å². The van der Waals surface area contributed by atoms with Gasteiger partial charge in [-0.2, -0.15) is 4.98 Å². The van der Waals surface area contributed by atoms with Crippen LogP contribution in [0.25, 0.3) is 11.0 Å². The molecule has 3 aromatic rings. The van der Waals surface area contributed by atoms with Gasteiger partial charge in [0.05, 0.1) is 24.1 Å². The fourth-order valence-electron chi connectivity index (χ4n) is 3.58. The van der Waals surface area contributed by atoms with E-state index in [0.29, 0.717) is 32.1 Å². The lowest BCUT2D eigenvalue weighted by atomic mass is 10.2. The highest BCUT2D eigenvalue weighted by Gasteiger charge is 2.32. The average Bonchev–Trinajstić information content (AvgIpc) is 3.26. The van der Waals surface area contributed by atoms with Gasteiger partial charge in [-0.15, -0.1) is 0 Å². The molecule has 0 saturated carbocycles. The van der Waals surface area contributed by atoms with Gasteiger partial charge in [-0.1, -0.05) is 24.3 Å². The Kier molecular flexibility index (Phi) is 5.37. The summed E-state index contributed by atoms with van der Waals surface area (Å²) < 4.78 is 27.3. The van der Waals surface area contributed by atoms with E-state index in [0.717, 1.165) is 16.6 Å². The molecule has 0 N–H and O–H groups in total. The summed E-state index contributed by atoms with van der Waals surface area (Å²) in [5.74, 6) is -0.275. The van der Waals surface area contributed by atoms with Crippen molar-refractivity contribution >= 4 is 17.1 Å². The van der Waals surface area contributed by atoms with Gasteiger partial charge in [0, 0.05) is 13.0 Å². The third kappa shape index (κ3) is 4.56. The first-order chi connectivity index (χ1) is 14.3. The van der Waals surface area contributed by atoms with E-state index < -0.39 is 5.60 Å². The smallest absolute Gasteiger partial charge is 0.410 e. The monoisotopic (exact) mass is 411 g/mol. The Morgan fingerprint density at radius 3 is 2.77 bits per heavy atom. The van der Waals surface area contributed by atoms with E-state index >= 15 is 0 Å². The van der Waals surface area contributed by atoms with Crippen LogP contribution in [0.2, 0.25) is 0 Å². The second-order valence-electron chi connectivity index (χ2n) is 8.55. The number of ether oxygens (including phenoxy) is 2. The molecule has 1 aliphatic rings. The second-order valence-corrected chi connectivity index (χ2v) is 8.55. The zero-order chi connectivity index (χ0) is 21.3. The first kappa shape index (κ1) is 20.2. The number of carbonyl (C=O) groups is 1. The standard InChI is InChI=1S/C23H26FN3O3/c1-23(2,3)30-22(28)26-12-11-18(15-26)29-21-25-19-9-4-5-10-20(19)27(21)14-16-7-6-8-17(24)13-16/h4-10,13,18H,11-12,14-15H2,1-3H3/t18-/m1/s1. The molecule has 0 aliphatic carbocycles. The summed E-state index contributed by atoms with van der Waals surface area (Å²) >= 11 is 0. The van der Waals surface area contributed by atoms with E-state index in [2.05, 4.69) is 4.98 Å². The molecule has 1 fully saturated rings. The number of carbonyl (C=O) groups excluding carboxylic acids is 1. The minimum absolute atomic E-state index is 0.180. The van der Waals surface area contributed by atoms with Crippen molar-refractivity contribution in [2.45, 2.75) is 45.4 Å². The largest absolute Gasteiger partial charge is 0.459 e. The molecule has 6 nitrogen and oxygen atoms in total. The van der Waals surface area contributed by atoms with Gasteiger partial charge in [-0.25, -0.2) is 9.18 Å². The van der Waals surface area contributed by atoms with Crippen molar-refractivity contribution in [1.29, 1.82) is 0 Å². The van der Waals surface area contributed by atoms with E-state index in [9.17, 15) is 9.18 Å². The molecular weight excluding hydrogens is 385 g/mol. The Morgan fingerprint density at radius 2 is 2.00 bits per heavy atom. The summed E-state index contributed by atoms with van der Waals surface area (Å²) in [4.78, 5) is 18.6. The fraction of sp³-hybridized carbons (Fsp3) is 0.391. The van der Waals surface area contributed by atoms with Crippen LogP contribution in [0.15, 0.2) is 48.5 Å². The summed E-state index contributed by atoms with van der Waals surface area (Å²) in [5.41, 5.74) is 2.02. The highest BCUT2D eigenvalue weighted by molar-refractivity contribution is 5.76. The van der Waals surface area contributed by atoms with Crippen LogP contribution in [0.3, 0.4) is 0 Å².